The summed E-state index contributed by atoms with van der Waals surface area (Å²) in [5.41, 5.74) is 0. The van der Waals surface area contributed by atoms with Crippen molar-refractivity contribution in [3.8, 4) is 0 Å². The third-order valence-electron chi connectivity index (χ3n) is 1.55. The molecule has 2 atom stereocenters. The number of rotatable bonds is 1. The van der Waals surface area contributed by atoms with Crippen LogP contribution in [-0.2, 0) is 9.53 Å². The molecule has 1 heterocycles. The van der Waals surface area contributed by atoms with E-state index in [9.17, 15) is 4.79 Å². The third kappa shape index (κ3) is 1.44. The van der Waals surface area contributed by atoms with E-state index in [1.165, 1.54) is 7.11 Å². The van der Waals surface area contributed by atoms with Crippen molar-refractivity contribution in [2.75, 3.05) is 18.6 Å². The van der Waals surface area contributed by atoms with Crippen LogP contribution in [-0.4, -0.2) is 35.8 Å². The zero-order valence-electron chi connectivity index (χ0n) is 5.74. The summed E-state index contributed by atoms with van der Waals surface area (Å²) in [7, 11) is 1.35. The molecule has 0 aromatic rings. The molecule has 0 aromatic carbocycles. The number of aliphatic hydroxyl groups excluding tert-OH is 1. The summed E-state index contributed by atoms with van der Waals surface area (Å²) < 4.78 is 4.49. The number of carbonyl (C=O) groups excluding carboxylic acids is 1. The highest BCUT2D eigenvalue weighted by Gasteiger charge is 2.32. The Bertz CT molecular complexity index is 137. The van der Waals surface area contributed by atoms with E-state index in [4.69, 9.17) is 5.11 Å². The number of thioether (sulfide) groups is 1. The van der Waals surface area contributed by atoms with Crippen LogP contribution in [0.15, 0.2) is 0 Å². The molecule has 0 unspecified atom stereocenters. The van der Waals surface area contributed by atoms with E-state index in [2.05, 4.69) is 4.74 Å². The quantitative estimate of drug-likeness (QED) is 0.546. The second-order valence-corrected chi connectivity index (χ2v) is 3.31. The molecule has 1 rings (SSSR count). The molecule has 3 nitrogen and oxygen atoms in total. The predicted octanol–water partition coefficient (Wildman–Crippen LogP) is -0.117. The van der Waals surface area contributed by atoms with Gasteiger partial charge in [-0.25, -0.2) is 0 Å². The Morgan fingerprint density at radius 3 is 2.80 bits per heavy atom. The van der Waals surface area contributed by atoms with Gasteiger partial charge in [-0.15, -0.1) is 0 Å². The van der Waals surface area contributed by atoms with Crippen LogP contribution in [0.2, 0.25) is 0 Å². The molecule has 0 amide bonds. The van der Waals surface area contributed by atoms with Crippen molar-refractivity contribution >= 4 is 17.7 Å². The molecule has 4 heteroatoms. The number of methoxy groups -OCH3 is 1. The second kappa shape index (κ2) is 3.25. The first-order chi connectivity index (χ1) is 4.75. The Labute approximate surface area is 63.8 Å². The van der Waals surface area contributed by atoms with Gasteiger partial charge in [0, 0.05) is 11.5 Å². The highest BCUT2D eigenvalue weighted by atomic mass is 32.2. The molecule has 0 bridgehead atoms. The van der Waals surface area contributed by atoms with Crippen molar-refractivity contribution in [1.82, 2.24) is 0 Å². The largest absolute Gasteiger partial charge is 0.469 e. The Balaban J connectivity index is 2.46. The van der Waals surface area contributed by atoms with E-state index >= 15 is 0 Å². The standard InChI is InChI=1S/C6H10O3S/c1-9-6(8)4-2-10-3-5(4)7/h4-5,7H,2-3H2,1H3/t4-,5+/m0/s1. The van der Waals surface area contributed by atoms with E-state index in [1.807, 2.05) is 0 Å². The minimum absolute atomic E-state index is 0.294. The summed E-state index contributed by atoms with van der Waals surface area (Å²) in [5.74, 6) is 0.751. The van der Waals surface area contributed by atoms with Crippen molar-refractivity contribution < 1.29 is 14.6 Å². The predicted molar refractivity (Wildman–Crippen MR) is 38.8 cm³/mol. The smallest absolute Gasteiger partial charge is 0.312 e. The minimum Gasteiger partial charge on any atom is -0.469 e. The monoisotopic (exact) mass is 162 g/mol. The lowest BCUT2D eigenvalue weighted by atomic mass is 10.1. The van der Waals surface area contributed by atoms with Gasteiger partial charge in [0.25, 0.3) is 0 Å². The Kier molecular flexibility index (Phi) is 2.56. The third-order valence-corrected chi connectivity index (χ3v) is 2.73. The fourth-order valence-corrected chi connectivity index (χ4v) is 2.14. The number of hydrogen-bond acceptors (Lipinski definition) is 4. The van der Waals surface area contributed by atoms with Gasteiger partial charge in [-0.05, 0) is 0 Å². The minimum atomic E-state index is -0.502. The number of hydrogen-bond donors (Lipinski definition) is 1. The average Bonchev–Trinajstić information content (AvgIpc) is 2.34. The molecule has 1 saturated heterocycles. The van der Waals surface area contributed by atoms with Crippen molar-refractivity contribution in [2.45, 2.75) is 6.10 Å². The molecular formula is C6H10O3S. The first-order valence-electron chi connectivity index (χ1n) is 3.09. The average molecular weight is 162 g/mol. The van der Waals surface area contributed by atoms with Crippen LogP contribution in [0.3, 0.4) is 0 Å². The highest BCUT2D eigenvalue weighted by molar-refractivity contribution is 7.99. The number of carbonyl (C=O) groups is 1. The van der Waals surface area contributed by atoms with E-state index in [0.29, 0.717) is 11.5 Å². The molecule has 0 radical (unpaired) electrons. The van der Waals surface area contributed by atoms with Crippen LogP contribution < -0.4 is 0 Å². The summed E-state index contributed by atoms with van der Waals surface area (Å²) >= 11 is 1.58. The van der Waals surface area contributed by atoms with Crippen LogP contribution in [0.1, 0.15) is 0 Å². The molecule has 0 saturated carbocycles. The molecule has 1 N–H and O–H groups in total. The van der Waals surface area contributed by atoms with Crippen molar-refractivity contribution in [3.63, 3.8) is 0 Å². The van der Waals surface area contributed by atoms with Crippen molar-refractivity contribution in [2.24, 2.45) is 5.92 Å². The van der Waals surface area contributed by atoms with Crippen molar-refractivity contribution in [1.29, 1.82) is 0 Å². The van der Waals surface area contributed by atoms with E-state index < -0.39 is 6.10 Å². The van der Waals surface area contributed by atoms with Gasteiger partial charge in [0.2, 0.25) is 0 Å². The summed E-state index contributed by atoms with van der Waals surface area (Å²) in [6.07, 6.45) is -0.502. The van der Waals surface area contributed by atoms with Gasteiger partial charge in [0.15, 0.2) is 0 Å². The molecule has 0 aromatic heterocycles. The summed E-state index contributed by atoms with van der Waals surface area (Å²) in [6.45, 7) is 0. The molecule has 1 aliphatic heterocycles. The van der Waals surface area contributed by atoms with Gasteiger partial charge < -0.3 is 9.84 Å². The lowest BCUT2D eigenvalue weighted by molar-refractivity contribution is -0.147. The second-order valence-electron chi connectivity index (χ2n) is 2.23. The maximum atomic E-state index is 10.8. The number of aliphatic hydroxyl groups is 1. The van der Waals surface area contributed by atoms with Gasteiger partial charge in [0.1, 0.15) is 0 Å². The maximum absolute atomic E-state index is 10.8. The fraction of sp³-hybridized carbons (Fsp3) is 0.833. The van der Waals surface area contributed by atoms with Gasteiger partial charge in [-0.1, -0.05) is 0 Å². The molecule has 1 aliphatic rings. The zero-order chi connectivity index (χ0) is 7.56. The zero-order valence-corrected chi connectivity index (χ0v) is 6.56. The topological polar surface area (TPSA) is 46.5 Å². The molecule has 58 valence electrons. The van der Waals surface area contributed by atoms with Crippen LogP contribution in [0.25, 0.3) is 0 Å². The van der Waals surface area contributed by atoms with Crippen molar-refractivity contribution in [3.05, 3.63) is 0 Å². The lowest BCUT2D eigenvalue weighted by Crippen LogP contribution is -2.27. The number of ether oxygens (including phenoxy) is 1. The Morgan fingerprint density at radius 2 is 2.40 bits per heavy atom. The van der Waals surface area contributed by atoms with Crippen LogP contribution >= 0.6 is 11.8 Å². The normalized spacial score (nSPS) is 32.2. The summed E-state index contributed by atoms with van der Waals surface area (Å²) in [6, 6.07) is 0. The highest BCUT2D eigenvalue weighted by Crippen LogP contribution is 2.24. The van der Waals surface area contributed by atoms with E-state index in [0.717, 1.165) is 0 Å². The van der Waals surface area contributed by atoms with Gasteiger partial charge >= 0.3 is 5.97 Å². The molecule has 0 aliphatic carbocycles. The Morgan fingerprint density at radius 1 is 1.70 bits per heavy atom. The SMILES string of the molecule is COC(=O)[C@H]1CSC[C@H]1O. The first-order valence-corrected chi connectivity index (χ1v) is 4.25. The molecule has 1 fully saturated rings. The lowest BCUT2D eigenvalue weighted by Gasteiger charge is -2.09. The first kappa shape index (κ1) is 7.88. The molecular weight excluding hydrogens is 152 g/mol. The Hall–Kier alpha value is -0.220. The molecule has 10 heavy (non-hydrogen) atoms. The number of esters is 1. The molecule has 0 spiro atoms. The van der Waals surface area contributed by atoms with E-state index in [-0.39, 0.29) is 11.9 Å². The van der Waals surface area contributed by atoms with Crippen LogP contribution in [0, 0.1) is 5.92 Å². The van der Waals surface area contributed by atoms with Crippen LogP contribution in [0.5, 0.6) is 0 Å². The van der Waals surface area contributed by atoms with Crippen LogP contribution in [0.4, 0.5) is 0 Å². The fourth-order valence-electron chi connectivity index (χ4n) is 0.919. The van der Waals surface area contributed by atoms with Gasteiger partial charge in [-0.3, -0.25) is 4.79 Å². The van der Waals surface area contributed by atoms with Gasteiger partial charge in [-0.2, -0.15) is 11.8 Å². The van der Waals surface area contributed by atoms with E-state index in [1.54, 1.807) is 11.8 Å². The summed E-state index contributed by atoms with van der Waals surface area (Å²) in [4.78, 5) is 10.8. The summed E-state index contributed by atoms with van der Waals surface area (Å²) in [5, 5.41) is 9.17. The van der Waals surface area contributed by atoms with Gasteiger partial charge in [0.05, 0.1) is 19.1 Å². The maximum Gasteiger partial charge on any atom is 0.312 e.